The van der Waals surface area contributed by atoms with Crippen LogP contribution in [0.2, 0.25) is 5.02 Å². The zero-order valence-corrected chi connectivity index (χ0v) is 9.90. The van der Waals surface area contributed by atoms with E-state index in [9.17, 15) is 0 Å². The van der Waals surface area contributed by atoms with Gasteiger partial charge in [-0.05, 0) is 36.6 Å². The summed E-state index contributed by atoms with van der Waals surface area (Å²) in [6, 6.07) is 4.50. The molecule has 1 fully saturated rings. The molecule has 1 heterocycles. The molecule has 0 aliphatic carbocycles. The molecule has 15 heavy (non-hydrogen) atoms. The molecule has 2 rings (SSSR count). The van der Waals surface area contributed by atoms with Crippen LogP contribution in [-0.4, -0.2) is 19.8 Å². The molecule has 0 saturated carbocycles. The van der Waals surface area contributed by atoms with Crippen LogP contribution in [0.3, 0.4) is 0 Å². The molecule has 1 saturated heterocycles. The summed E-state index contributed by atoms with van der Waals surface area (Å²) < 4.78 is 5.47. The third-order valence-electron chi connectivity index (χ3n) is 2.84. The monoisotopic (exact) mass is 225 g/mol. The summed E-state index contributed by atoms with van der Waals surface area (Å²) in [7, 11) is 0. The first-order valence-corrected chi connectivity index (χ1v) is 5.64. The highest BCUT2D eigenvalue weighted by Crippen LogP contribution is 2.26. The predicted molar refractivity (Wildman–Crippen MR) is 62.5 cm³/mol. The number of benzene rings is 1. The number of rotatable bonds is 1. The van der Waals surface area contributed by atoms with Crippen molar-refractivity contribution in [3.8, 4) is 0 Å². The van der Waals surface area contributed by atoms with Crippen molar-refractivity contribution in [2.24, 2.45) is 0 Å². The number of hydrogen-bond acceptors (Lipinski definition) is 2. The summed E-state index contributed by atoms with van der Waals surface area (Å²) >= 11 is 6.07. The van der Waals surface area contributed by atoms with Gasteiger partial charge >= 0.3 is 0 Å². The normalized spacial score (nSPS) is 21.7. The molecule has 1 atom stereocenters. The van der Waals surface area contributed by atoms with Gasteiger partial charge in [0.1, 0.15) is 0 Å². The lowest BCUT2D eigenvalue weighted by molar-refractivity contribution is 0.0767. The van der Waals surface area contributed by atoms with Crippen LogP contribution in [0.1, 0.15) is 22.7 Å². The number of halogens is 1. The van der Waals surface area contributed by atoms with Crippen LogP contribution >= 0.6 is 11.6 Å². The molecule has 1 aliphatic heterocycles. The van der Waals surface area contributed by atoms with Gasteiger partial charge in [-0.1, -0.05) is 17.7 Å². The lowest BCUT2D eigenvalue weighted by atomic mass is 9.99. The van der Waals surface area contributed by atoms with Crippen LogP contribution in [0, 0.1) is 13.8 Å². The molecule has 0 spiro atoms. The summed E-state index contributed by atoms with van der Waals surface area (Å²) in [4.78, 5) is 0. The molecule has 3 heteroatoms. The van der Waals surface area contributed by atoms with Gasteiger partial charge in [0, 0.05) is 11.6 Å². The number of morpholine rings is 1. The summed E-state index contributed by atoms with van der Waals surface area (Å²) in [5.74, 6) is 0. The third-order valence-corrected chi connectivity index (χ3v) is 3.25. The maximum absolute atomic E-state index is 6.07. The molecule has 1 aliphatic rings. The molecular formula is C12H16ClNO. The van der Waals surface area contributed by atoms with Crippen molar-refractivity contribution in [1.82, 2.24) is 5.32 Å². The number of nitrogens with one attached hydrogen (secondary N) is 1. The summed E-state index contributed by atoms with van der Waals surface area (Å²) in [6.07, 6.45) is 0. The van der Waals surface area contributed by atoms with E-state index in [0.29, 0.717) is 6.04 Å². The second-order valence-electron chi connectivity index (χ2n) is 4.04. The van der Waals surface area contributed by atoms with Gasteiger partial charge < -0.3 is 10.1 Å². The minimum atomic E-state index is 0.315. The molecule has 2 nitrogen and oxygen atoms in total. The Morgan fingerprint density at radius 2 is 2.13 bits per heavy atom. The predicted octanol–water partition coefficient (Wildman–Crippen LogP) is 2.62. The number of ether oxygens (including phenoxy) is 1. The van der Waals surface area contributed by atoms with Crippen molar-refractivity contribution in [1.29, 1.82) is 0 Å². The topological polar surface area (TPSA) is 21.3 Å². The maximum Gasteiger partial charge on any atom is 0.0662 e. The van der Waals surface area contributed by atoms with E-state index in [2.05, 4.69) is 18.3 Å². The highest BCUT2D eigenvalue weighted by molar-refractivity contribution is 6.31. The van der Waals surface area contributed by atoms with E-state index in [4.69, 9.17) is 16.3 Å². The van der Waals surface area contributed by atoms with E-state index in [1.165, 1.54) is 11.1 Å². The SMILES string of the molecule is Cc1cc(C2COCCN2)c(C)cc1Cl. The number of aryl methyl sites for hydroxylation is 2. The molecule has 0 bridgehead atoms. The van der Waals surface area contributed by atoms with Gasteiger partial charge in [0.2, 0.25) is 0 Å². The fourth-order valence-electron chi connectivity index (χ4n) is 1.94. The standard InChI is InChI=1S/C12H16ClNO/c1-8-6-11(13)9(2)5-10(8)12-7-15-4-3-14-12/h5-6,12,14H,3-4,7H2,1-2H3. The summed E-state index contributed by atoms with van der Waals surface area (Å²) in [5.41, 5.74) is 3.66. The van der Waals surface area contributed by atoms with Crippen LogP contribution in [0.15, 0.2) is 12.1 Å². The van der Waals surface area contributed by atoms with E-state index in [1.807, 2.05) is 13.0 Å². The maximum atomic E-state index is 6.07. The Hall–Kier alpha value is -0.570. The molecule has 82 valence electrons. The molecule has 0 amide bonds. The zero-order chi connectivity index (χ0) is 10.8. The highest BCUT2D eigenvalue weighted by Gasteiger charge is 2.17. The van der Waals surface area contributed by atoms with E-state index in [0.717, 1.165) is 30.3 Å². The molecule has 0 radical (unpaired) electrons. The molecule has 1 unspecified atom stereocenters. The smallest absolute Gasteiger partial charge is 0.0662 e. The van der Waals surface area contributed by atoms with Crippen LogP contribution in [-0.2, 0) is 4.74 Å². The van der Waals surface area contributed by atoms with Gasteiger partial charge in [0.05, 0.1) is 19.3 Å². The molecular weight excluding hydrogens is 210 g/mol. The van der Waals surface area contributed by atoms with Gasteiger partial charge in [-0.2, -0.15) is 0 Å². The Bertz CT molecular complexity index is 359. The molecule has 1 aromatic rings. The van der Waals surface area contributed by atoms with Gasteiger partial charge in [-0.25, -0.2) is 0 Å². The Balaban J connectivity index is 2.30. The fourth-order valence-corrected chi connectivity index (χ4v) is 2.16. The average molecular weight is 226 g/mol. The summed E-state index contributed by atoms with van der Waals surface area (Å²) in [6.45, 7) is 6.61. The lowest BCUT2D eigenvalue weighted by Gasteiger charge is -2.26. The number of hydrogen-bond donors (Lipinski definition) is 1. The zero-order valence-electron chi connectivity index (χ0n) is 9.14. The molecule has 1 N–H and O–H groups in total. The van der Waals surface area contributed by atoms with E-state index >= 15 is 0 Å². The molecule has 1 aromatic carbocycles. The van der Waals surface area contributed by atoms with Crippen molar-refractivity contribution < 1.29 is 4.74 Å². The van der Waals surface area contributed by atoms with Crippen LogP contribution in [0.5, 0.6) is 0 Å². The first kappa shape index (κ1) is 10.9. The Kier molecular flexibility index (Phi) is 3.29. The summed E-state index contributed by atoms with van der Waals surface area (Å²) in [5, 5.41) is 4.30. The van der Waals surface area contributed by atoms with Gasteiger partial charge in [0.25, 0.3) is 0 Å². The Morgan fingerprint density at radius 3 is 2.80 bits per heavy atom. The van der Waals surface area contributed by atoms with Crippen LogP contribution in [0.4, 0.5) is 0 Å². The van der Waals surface area contributed by atoms with E-state index in [-0.39, 0.29) is 0 Å². The van der Waals surface area contributed by atoms with E-state index in [1.54, 1.807) is 0 Å². The Morgan fingerprint density at radius 1 is 1.33 bits per heavy atom. The first-order valence-electron chi connectivity index (χ1n) is 5.26. The fraction of sp³-hybridized carbons (Fsp3) is 0.500. The van der Waals surface area contributed by atoms with Crippen molar-refractivity contribution in [3.05, 3.63) is 33.8 Å². The van der Waals surface area contributed by atoms with Crippen LogP contribution in [0.25, 0.3) is 0 Å². The highest BCUT2D eigenvalue weighted by atomic mass is 35.5. The van der Waals surface area contributed by atoms with Crippen molar-refractivity contribution >= 4 is 11.6 Å². The minimum Gasteiger partial charge on any atom is -0.378 e. The second kappa shape index (κ2) is 4.52. The largest absolute Gasteiger partial charge is 0.378 e. The van der Waals surface area contributed by atoms with Crippen LogP contribution < -0.4 is 5.32 Å². The average Bonchev–Trinajstić information content (AvgIpc) is 2.25. The second-order valence-corrected chi connectivity index (χ2v) is 4.45. The lowest BCUT2D eigenvalue weighted by Crippen LogP contribution is -2.35. The molecule has 0 aromatic heterocycles. The third kappa shape index (κ3) is 2.33. The first-order chi connectivity index (χ1) is 7.18. The minimum absolute atomic E-state index is 0.315. The van der Waals surface area contributed by atoms with Gasteiger partial charge in [-0.15, -0.1) is 0 Å². The van der Waals surface area contributed by atoms with Crippen molar-refractivity contribution in [2.75, 3.05) is 19.8 Å². The van der Waals surface area contributed by atoms with Crippen molar-refractivity contribution in [3.63, 3.8) is 0 Å². The van der Waals surface area contributed by atoms with Gasteiger partial charge in [-0.3, -0.25) is 0 Å². The van der Waals surface area contributed by atoms with Crippen molar-refractivity contribution in [2.45, 2.75) is 19.9 Å². The quantitative estimate of drug-likeness (QED) is 0.794. The Labute approximate surface area is 95.6 Å². The van der Waals surface area contributed by atoms with E-state index < -0.39 is 0 Å². The van der Waals surface area contributed by atoms with Gasteiger partial charge in [0.15, 0.2) is 0 Å².